The molecule has 18 heavy (non-hydrogen) atoms. The fraction of sp³-hybridized carbons (Fsp3) is 0.0769. The van der Waals surface area contributed by atoms with Gasteiger partial charge in [-0.3, -0.25) is 4.79 Å². The predicted molar refractivity (Wildman–Crippen MR) is 78.8 cm³/mol. The number of benzene rings is 1. The minimum absolute atomic E-state index is 0.205. The van der Waals surface area contributed by atoms with Crippen molar-refractivity contribution in [3.63, 3.8) is 0 Å². The fourth-order valence-corrected chi connectivity index (χ4v) is 1.84. The van der Waals surface area contributed by atoms with E-state index in [0.717, 1.165) is 5.56 Å². The van der Waals surface area contributed by atoms with Gasteiger partial charge in [0.15, 0.2) is 0 Å². The van der Waals surface area contributed by atoms with Crippen LogP contribution in [0.25, 0.3) is 6.08 Å². The molecule has 0 unspecified atom stereocenters. The quantitative estimate of drug-likeness (QED) is 0.862. The Morgan fingerprint density at radius 2 is 2.17 bits per heavy atom. The van der Waals surface area contributed by atoms with Crippen LogP contribution in [0.2, 0.25) is 0 Å². The van der Waals surface area contributed by atoms with Gasteiger partial charge < -0.3 is 9.72 Å². The van der Waals surface area contributed by atoms with Crippen LogP contribution in [0.15, 0.2) is 41.5 Å². The summed E-state index contributed by atoms with van der Waals surface area (Å²) in [5.74, 6) is 0.989. The second kappa shape index (κ2) is 5.81. The van der Waals surface area contributed by atoms with Crippen LogP contribution in [0.4, 0.5) is 0 Å². The Bertz CT molecular complexity index is 635. The molecule has 0 amide bonds. The van der Waals surface area contributed by atoms with Crippen LogP contribution in [0.1, 0.15) is 12.5 Å². The van der Waals surface area contributed by atoms with Crippen molar-refractivity contribution < 1.29 is 4.74 Å². The van der Waals surface area contributed by atoms with Gasteiger partial charge in [-0.05, 0) is 35.6 Å². The summed E-state index contributed by atoms with van der Waals surface area (Å²) >= 11 is 1.92. The van der Waals surface area contributed by atoms with Gasteiger partial charge in [-0.2, -0.15) is 0 Å². The zero-order valence-electron chi connectivity index (χ0n) is 9.68. The monoisotopic (exact) mass is 354 g/mol. The smallest absolute Gasteiger partial charge is 0.268 e. The summed E-state index contributed by atoms with van der Waals surface area (Å²) in [7, 11) is 0. The number of nitrogens with one attached hydrogen (secondary N) is 1. The molecular weight excluding hydrogens is 343 g/mol. The zero-order chi connectivity index (χ0) is 13.0. The van der Waals surface area contributed by atoms with Gasteiger partial charge in [-0.1, -0.05) is 30.4 Å². The molecule has 0 saturated heterocycles. The Hall–Kier alpha value is -1.63. The molecule has 0 spiro atoms. The van der Waals surface area contributed by atoms with Crippen LogP contribution in [0.5, 0.6) is 11.6 Å². The summed E-state index contributed by atoms with van der Waals surface area (Å²) in [4.78, 5) is 18.0. The van der Waals surface area contributed by atoms with E-state index in [4.69, 9.17) is 4.74 Å². The predicted octanol–water partition coefficient (Wildman–Crippen LogP) is 3.20. The molecule has 1 aromatic heterocycles. The van der Waals surface area contributed by atoms with E-state index in [2.05, 4.69) is 9.97 Å². The SMILES string of the molecule is C/C=C/c1ccccc1Oc1nc[nH]c(=O)c1I. The number of rotatable bonds is 3. The van der Waals surface area contributed by atoms with Crippen LogP contribution in [-0.4, -0.2) is 9.97 Å². The lowest BCUT2D eigenvalue weighted by Crippen LogP contribution is -2.11. The molecule has 92 valence electrons. The molecule has 0 aliphatic heterocycles. The molecule has 0 aliphatic carbocycles. The van der Waals surface area contributed by atoms with Gasteiger partial charge in [0.25, 0.3) is 5.56 Å². The molecule has 4 nitrogen and oxygen atoms in total. The van der Waals surface area contributed by atoms with E-state index in [9.17, 15) is 4.79 Å². The number of hydrogen-bond acceptors (Lipinski definition) is 3. The summed E-state index contributed by atoms with van der Waals surface area (Å²) in [6.07, 6.45) is 5.20. The van der Waals surface area contributed by atoms with Gasteiger partial charge in [-0.15, -0.1) is 0 Å². The first-order valence-electron chi connectivity index (χ1n) is 5.35. The number of nitrogens with zero attached hydrogens (tertiary/aromatic N) is 1. The molecule has 2 rings (SSSR count). The van der Waals surface area contributed by atoms with Crippen LogP contribution in [0, 0.1) is 3.57 Å². The topological polar surface area (TPSA) is 55.0 Å². The van der Waals surface area contributed by atoms with Crippen LogP contribution in [-0.2, 0) is 0 Å². The van der Waals surface area contributed by atoms with E-state index >= 15 is 0 Å². The fourth-order valence-electron chi connectivity index (χ4n) is 1.43. The average molecular weight is 354 g/mol. The zero-order valence-corrected chi connectivity index (χ0v) is 11.8. The van der Waals surface area contributed by atoms with Gasteiger partial charge in [0, 0.05) is 5.56 Å². The second-order valence-corrected chi connectivity index (χ2v) is 4.57. The van der Waals surface area contributed by atoms with E-state index in [1.165, 1.54) is 6.33 Å². The molecule has 0 radical (unpaired) electrons. The van der Waals surface area contributed by atoms with Crippen molar-refractivity contribution in [3.05, 3.63) is 56.2 Å². The Morgan fingerprint density at radius 3 is 2.94 bits per heavy atom. The van der Waals surface area contributed by atoms with Gasteiger partial charge in [-0.25, -0.2) is 4.98 Å². The van der Waals surface area contributed by atoms with Crippen LogP contribution < -0.4 is 10.3 Å². The summed E-state index contributed by atoms with van der Waals surface area (Å²) in [5, 5.41) is 0. The maximum absolute atomic E-state index is 11.4. The molecule has 2 aromatic rings. The minimum Gasteiger partial charge on any atom is -0.437 e. The van der Waals surface area contributed by atoms with Crippen molar-refractivity contribution in [2.45, 2.75) is 6.92 Å². The van der Waals surface area contributed by atoms with E-state index < -0.39 is 0 Å². The highest BCUT2D eigenvalue weighted by Gasteiger charge is 2.09. The van der Waals surface area contributed by atoms with Crippen LogP contribution in [0.3, 0.4) is 0 Å². The largest absolute Gasteiger partial charge is 0.437 e. The van der Waals surface area contributed by atoms with E-state index in [0.29, 0.717) is 15.2 Å². The third-order valence-corrected chi connectivity index (χ3v) is 3.19. The normalized spacial score (nSPS) is 10.8. The number of aromatic amines is 1. The molecule has 1 N–H and O–H groups in total. The number of H-pyrrole nitrogens is 1. The van der Waals surface area contributed by atoms with Crippen molar-refractivity contribution in [3.8, 4) is 11.6 Å². The second-order valence-electron chi connectivity index (χ2n) is 3.49. The standard InChI is InChI=1S/C13H11IN2O2/c1-2-5-9-6-3-4-7-10(9)18-13-11(14)12(17)15-8-16-13/h2-8H,1H3,(H,15,16,17)/b5-2+. The molecule has 1 heterocycles. The van der Waals surface area contributed by atoms with Crippen molar-refractivity contribution in [1.82, 2.24) is 9.97 Å². The molecule has 0 atom stereocenters. The van der Waals surface area contributed by atoms with Gasteiger partial charge >= 0.3 is 0 Å². The highest BCUT2D eigenvalue weighted by molar-refractivity contribution is 14.1. The number of allylic oxidation sites excluding steroid dienone is 1. The maximum Gasteiger partial charge on any atom is 0.268 e. The van der Waals surface area contributed by atoms with Crippen molar-refractivity contribution in [1.29, 1.82) is 0 Å². The van der Waals surface area contributed by atoms with E-state index in [1.54, 1.807) is 0 Å². The first-order chi connectivity index (χ1) is 8.72. The minimum atomic E-state index is -0.205. The highest BCUT2D eigenvalue weighted by Crippen LogP contribution is 2.26. The molecule has 5 heteroatoms. The number of para-hydroxylation sites is 1. The van der Waals surface area contributed by atoms with Crippen molar-refractivity contribution >= 4 is 28.7 Å². The van der Waals surface area contributed by atoms with Crippen molar-refractivity contribution in [2.75, 3.05) is 0 Å². The number of ether oxygens (including phenoxy) is 1. The average Bonchev–Trinajstić information content (AvgIpc) is 2.37. The third kappa shape index (κ3) is 2.79. The number of aromatic nitrogens is 2. The van der Waals surface area contributed by atoms with Crippen molar-refractivity contribution in [2.24, 2.45) is 0 Å². The van der Waals surface area contributed by atoms with Gasteiger partial charge in [0.1, 0.15) is 9.32 Å². The molecular formula is C13H11IN2O2. The Balaban J connectivity index is 2.40. The Labute approximate surface area is 118 Å². The Morgan fingerprint density at radius 1 is 1.39 bits per heavy atom. The number of halogens is 1. The summed E-state index contributed by atoms with van der Waals surface area (Å²) in [6, 6.07) is 7.59. The molecule has 1 aromatic carbocycles. The lowest BCUT2D eigenvalue weighted by atomic mass is 10.2. The van der Waals surface area contributed by atoms with E-state index in [-0.39, 0.29) is 5.56 Å². The van der Waals surface area contributed by atoms with E-state index in [1.807, 2.05) is 65.9 Å². The summed E-state index contributed by atoms with van der Waals surface area (Å²) in [6.45, 7) is 1.94. The first-order valence-corrected chi connectivity index (χ1v) is 6.43. The summed E-state index contributed by atoms with van der Waals surface area (Å²) < 4.78 is 6.12. The van der Waals surface area contributed by atoms with Gasteiger partial charge in [0.2, 0.25) is 5.88 Å². The van der Waals surface area contributed by atoms with Crippen LogP contribution >= 0.6 is 22.6 Å². The molecule has 0 bridgehead atoms. The third-order valence-electron chi connectivity index (χ3n) is 2.24. The first kappa shape index (κ1) is 12.8. The lowest BCUT2D eigenvalue weighted by molar-refractivity contribution is 0.455. The highest BCUT2D eigenvalue weighted by atomic mass is 127. The maximum atomic E-state index is 11.4. The number of hydrogen-bond donors (Lipinski definition) is 1. The lowest BCUT2D eigenvalue weighted by Gasteiger charge is -2.08. The summed E-state index contributed by atoms with van der Waals surface area (Å²) in [5.41, 5.74) is 0.738. The molecule has 0 fully saturated rings. The molecule has 0 saturated carbocycles. The van der Waals surface area contributed by atoms with Gasteiger partial charge in [0.05, 0.1) is 6.33 Å². The Kier molecular flexibility index (Phi) is 4.14. The molecule has 0 aliphatic rings.